The van der Waals surface area contributed by atoms with Crippen LogP contribution in [0.15, 0.2) is 66.7 Å². The van der Waals surface area contributed by atoms with Gasteiger partial charge >= 0.3 is 0 Å². The molecular weight excluding hydrogens is 334 g/mol. The zero-order valence-corrected chi connectivity index (χ0v) is 16.3. The van der Waals surface area contributed by atoms with Crippen LogP contribution >= 0.6 is 0 Å². The summed E-state index contributed by atoms with van der Waals surface area (Å²) < 4.78 is 11.7. The molecule has 140 valence electrons. The Morgan fingerprint density at radius 2 is 1.56 bits per heavy atom. The van der Waals surface area contributed by atoms with Crippen molar-refractivity contribution in [3.63, 3.8) is 0 Å². The summed E-state index contributed by atoms with van der Waals surface area (Å²) >= 11 is 0. The first-order valence-electron chi connectivity index (χ1n) is 9.26. The van der Waals surface area contributed by atoms with Crippen LogP contribution in [0.2, 0.25) is 0 Å². The van der Waals surface area contributed by atoms with E-state index in [2.05, 4.69) is 73.8 Å². The first-order valence-corrected chi connectivity index (χ1v) is 9.26. The molecule has 0 atom stereocenters. The predicted octanol–water partition coefficient (Wildman–Crippen LogP) is 5.18. The number of hydrogen-bond acceptors (Lipinski definition) is 3. The second-order valence-electron chi connectivity index (χ2n) is 6.82. The van der Waals surface area contributed by atoms with E-state index >= 15 is 0 Å². The van der Waals surface area contributed by atoms with Crippen molar-refractivity contribution < 1.29 is 9.47 Å². The SMILES string of the molecule is COc1cccc(CNCc2ccc(C)cc2)c1OCc1cccc(C)c1. The molecule has 0 radical (unpaired) electrons. The third kappa shape index (κ3) is 5.35. The van der Waals surface area contributed by atoms with Crippen molar-refractivity contribution in [3.8, 4) is 11.5 Å². The summed E-state index contributed by atoms with van der Waals surface area (Å²) in [5.74, 6) is 1.57. The van der Waals surface area contributed by atoms with Gasteiger partial charge in [0.25, 0.3) is 0 Å². The van der Waals surface area contributed by atoms with E-state index in [0.29, 0.717) is 13.2 Å². The number of hydrogen-bond donors (Lipinski definition) is 1. The van der Waals surface area contributed by atoms with Crippen molar-refractivity contribution in [2.75, 3.05) is 7.11 Å². The summed E-state index contributed by atoms with van der Waals surface area (Å²) in [6, 6.07) is 23.0. The number of benzene rings is 3. The highest BCUT2D eigenvalue weighted by atomic mass is 16.5. The van der Waals surface area contributed by atoms with E-state index in [1.807, 2.05) is 12.1 Å². The van der Waals surface area contributed by atoms with E-state index in [1.54, 1.807) is 7.11 Å². The Kier molecular flexibility index (Phi) is 6.50. The van der Waals surface area contributed by atoms with Gasteiger partial charge in [-0.15, -0.1) is 0 Å². The molecule has 3 aromatic carbocycles. The standard InChI is InChI=1S/C24H27NO2/c1-18-10-12-20(13-11-18)15-25-16-22-8-5-9-23(26-3)24(22)27-17-21-7-4-6-19(2)14-21/h4-14,25H,15-17H2,1-3H3. The molecule has 0 saturated carbocycles. The number of rotatable bonds is 8. The molecule has 3 rings (SSSR count). The van der Waals surface area contributed by atoms with Gasteiger partial charge in [0, 0.05) is 18.7 Å². The molecule has 0 unspecified atom stereocenters. The zero-order chi connectivity index (χ0) is 19.1. The Hall–Kier alpha value is -2.78. The van der Waals surface area contributed by atoms with Gasteiger partial charge in [0.1, 0.15) is 6.61 Å². The lowest BCUT2D eigenvalue weighted by atomic mass is 10.1. The molecule has 0 spiro atoms. The van der Waals surface area contributed by atoms with Gasteiger partial charge in [0.2, 0.25) is 0 Å². The lowest BCUT2D eigenvalue weighted by molar-refractivity contribution is 0.280. The minimum Gasteiger partial charge on any atom is -0.493 e. The molecular formula is C24H27NO2. The van der Waals surface area contributed by atoms with Gasteiger partial charge in [-0.1, -0.05) is 71.8 Å². The molecule has 0 fully saturated rings. The molecule has 3 heteroatoms. The molecule has 27 heavy (non-hydrogen) atoms. The summed E-state index contributed by atoms with van der Waals surface area (Å²) in [5, 5.41) is 3.50. The Labute approximate surface area is 162 Å². The van der Waals surface area contributed by atoms with Crippen LogP contribution in [0.25, 0.3) is 0 Å². The van der Waals surface area contributed by atoms with Crippen LogP contribution < -0.4 is 14.8 Å². The Morgan fingerprint density at radius 3 is 2.30 bits per heavy atom. The number of ether oxygens (including phenoxy) is 2. The lowest BCUT2D eigenvalue weighted by Crippen LogP contribution is -2.14. The van der Waals surface area contributed by atoms with Gasteiger partial charge in [-0.2, -0.15) is 0 Å². The van der Waals surface area contributed by atoms with Gasteiger partial charge in [0.05, 0.1) is 7.11 Å². The van der Waals surface area contributed by atoms with Crippen molar-refractivity contribution in [1.82, 2.24) is 5.32 Å². The van der Waals surface area contributed by atoms with Gasteiger partial charge < -0.3 is 14.8 Å². The van der Waals surface area contributed by atoms with Crippen LogP contribution in [0.3, 0.4) is 0 Å². The zero-order valence-electron chi connectivity index (χ0n) is 16.3. The molecule has 0 aliphatic carbocycles. The van der Waals surface area contributed by atoms with Crippen molar-refractivity contribution in [1.29, 1.82) is 0 Å². The van der Waals surface area contributed by atoms with Crippen molar-refractivity contribution in [2.45, 2.75) is 33.5 Å². The number of methoxy groups -OCH3 is 1. The van der Waals surface area contributed by atoms with Crippen LogP contribution in [-0.4, -0.2) is 7.11 Å². The van der Waals surface area contributed by atoms with Crippen LogP contribution in [0.5, 0.6) is 11.5 Å². The molecule has 0 aromatic heterocycles. The number of aryl methyl sites for hydroxylation is 2. The summed E-state index contributed by atoms with van der Waals surface area (Å²) in [4.78, 5) is 0. The molecule has 0 bridgehead atoms. The first-order chi connectivity index (χ1) is 13.2. The molecule has 3 aromatic rings. The van der Waals surface area contributed by atoms with E-state index in [1.165, 1.54) is 16.7 Å². The largest absolute Gasteiger partial charge is 0.493 e. The molecule has 0 saturated heterocycles. The lowest BCUT2D eigenvalue weighted by Gasteiger charge is -2.16. The van der Waals surface area contributed by atoms with Crippen molar-refractivity contribution in [2.24, 2.45) is 0 Å². The minimum atomic E-state index is 0.521. The number of nitrogens with one attached hydrogen (secondary N) is 1. The highest BCUT2D eigenvalue weighted by molar-refractivity contribution is 5.46. The van der Waals surface area contributed by atoms with Gasteiger partial charge in [0.15, 0.2) is 11.5 Å². The van der Waals surface area contributed by atoms with Gasteiger partial charge in [-0.25, -0.2) is 0 Å². The third-order valence-electron chi connectivity index (χ3n) is 4.51. The van der Waals surface area contributed by atoms with Crippen LogP contribution in [-0.2, 0) is 19.7 Å². The molecule has 1 N–H and O–H groups in total. The third-order valence-corrected chi connectivity index (χ3v) is 4.51. The normalized spacial score (nSPS) is 10.6. The smallest absolute Gasteiger partial charge is 0.166 e. The highest BCUT2D eigenvalue weighted by Crippen LogP contribution is 2.32. The Balaban J connectivity index is 1.68. The maximum absolute atomic E-state index is 6.15. The average Bonchev–Trinajstić information content (AvgIpc) is 2.68. The van der Waals surface area contributed by atoms with Crippen molar-refractivity contribution >= 4 is 0 Å². The fourth-order valence-corrected chi connectivity index (χ4v) is 3.03. The first kappa shape index (κ1) is 19.0. The maximum Gasteiger partial charge on any atom is 0.166 e. The molecule has 0 heterocycles. The summed E-state index contributed by atoms with van der Waals surface area (Å²) in [5.41, 5.74) is 6.02. The molecule has 0 aliphatic heterocycles. The van der Waals surface area contributed by atoms with Gasteiger partial charge in [-0.05, 0) is 31.0 Å². The molecule has 3 nitrogen and oxygen atoms in total. The summed E-state index contributed by atoms with van der Waals surface area (Å²) in [7, 11) is 1.68. The van der Waals surface area contributed by atoms with E-state index < -0.39 is 0 Å². The van der Waals surface area contributed by atoms with E-state index in [4.69, 9.17) is 9.47 Å². The van der Waals surface area contributed by atoms with Gasteiger partial charge in [-0.3, -0.25) is 0 Å². The van der Waals surface area contributed by atoms with Crippen LogP contribution in [0.4, 0.5) is 0 Å². The molecule has 0 amide bonds. The van der Waals surface area contributed by atoms with Crippen molar-refractivity contribution in [3.05, 3.63) is 94.5 Å². The summed E-state index contributed by atoms with van der Waals surface area (Å²) in [6.45, 7) is 6.24. The molecule has 0 aliphatic rings. The topological polar surface area (TPSA) is 30.5 Å². The maximum atomic E-state index is 6.15. The minimum absolute atomic E-state index is 0.521. The van der Waals surface area contributed by atoms with Crippen LogP contribution in [0.1, 0.15) is 27.8 Å². The monoisotopic (exact) mass is 361 g/mol. The Bertz CT molecular complexity index is 872. The second kappa shape index (κ2) is 9.24. The fraction of sp³-hybridized carbons (Fsp3) is 0.250. The quantitative estimate of drug-likeness (QED) is 0.599. The highest BCUT2D eigenvalue weighted by Gasteiger charge is 2.11. The fourth-order valence-electron chi connectivity index (χ4n) is 3.03. The predicted molar refractivity (Wildman–Crippen MR) is 110 cm³/mol. The Morgan fingerprint density at radius 1 is 0.778 bits per heavy atom. The van der Waals surface area contributed by atoms with E-state index in [9.17, 15) is 0 Å². The number of para-hydroxylation sites is 1. The van der Waals surface area contributed by atoms with E-state index in [0.717, 1.165) is 29.2 Å². The van der Waals surface area contributed by atoms with Crippen LogP contribution in [0, 0.1) is 13.8 Å². The summed E-state index contributed by atoms with van der Waals surface area (Å²) in [6.07, 6.45) is 0. The van der Waals surface area contributed by atoms with E-state index in [-0.39, 0.29) is 0 Å². The average molecular weight is 361 g/mol. The second-order valence-corrected chi connectivity index (χ2v) is 6.82.